The number of rotatable bonds is 10. The topological polar surface area (TPSA) is 151 Å². The first kappa shape index (κ1) is 24.8. The van der Waals surface area contributed by atoms with E-state index in [4.69, 9.17) is 32.1 Å². The first-order chi connectivity index (χ1) is 16.6. The third kappa shape index (κ3) is 7.61. The number of nitrogens with one attached hydrogen (secondary N) is 2. The van der Waals surface area contributed by atoms with E-state index in [0.717, 1.165) is 5.56 Å². The number of aromatic nitrogens is 2. The van der Waals surface area contributed by atoms with Crippen molar-refractivity contribution in [2.45, 2.75) is 6.54 Å². The molecule has 1 aliphatic rings. The van der Waals surface area contributed by atoms with Gasteiger partial charge in [-0.1, -0.05) is 23.7 Å². The number of nitrogens with zero attached hydrogens (tertiary/aromatic N) is 5. The van der Waals surface area contributed by atoms with E-state index in [-0.39, 0.29) is 25.0 Å². The fourth-order valence-electron chi connectivity index (χ4n) is 2.98. The summed E-state index contributed by atoms with van der Waals surface area (Å²) in [4.78, 5) is 26.6. The molecule has 0 atom stereocenters. The molecule has 1 aliphatic heterocycles. The molecule has 1 saturated heterocycles. The molecule has 1 fully saturated rings. The molecule has 0 saturated carbocycles. The first-order valence-electron chi connectivity index (χ1n) is 10.5. The minimum atomic E-state index is -0.0766. The number of amides is 1. The van der Waals surface area contributed by atoms with Crippen LogP contribution in [0.1, 0.15) is 5.56 Å². The van der Waals surface area contributed by atoms with Gasteiger partial charge in [0.15, 0.2) is 12.4 Å². The van der Waals surface area contributed by atoms with Gasteiger partial charge in [0.25, 0.3) is 0 Å². The second-order valence-corrected chi connectivity index (χ2v) is 7.46. The number of nitriles is 1. The molecule has 0 bridgehead atoms. The number of carbonyl (C=O) groups is 1. The van der Waals surface area contributed by atoms with Crippen molar-refractivity contribution in [3.63, 3.8) is 0 Å². The highest BCUT2D eigenvalue weighted by Gasteiger charge is 2.15. The van der Waals surface area contributed by atoms with Crippen molar-refractivity contribution < 1.29 is 14.3 Å². The molecule has 0 aliphatic carbocycles. The van der Waals surface area contributed by atoms with Crippen LogP contribution in [0, 0.1) is 11.3 Å². The Morgan fingerprint density at radius 1 is 1.41 bits per heavy atom. The molecule has 0 unspecified atom stereocenters. The van der Waals surface area contributed by atoms with Gasteiger partial charge in [0.05, 0.1) is 25.1 Å². The third-order valence-corrected chi connectivity index (χ3v) is 4.94. The number of aliphatic imine (C=N–C) groups is 1. The van der Waals surface area contributed by atoms with Crippen LogP contribution in [0.3, 0.4) is 0 Å². The van der Waals surface area contributed by atoms with Gasteiger partial charge in [0, 0.05) is 32.0 Å². The van der Waals surface area contributed by atoms with Gasteiger partial charge in [-0.3, -0.25) is 9.79 Å². The fourth-order valence-corrected chi connectivity index (χ4v) is 3.14. The van der Waals surface area contributed by atoms with E-state index in [2.05, 4.69) is 25.6 Å². The molecular weight excluding hydrogens is 460 g/mol. The monoisotopic (exact) mass is 484 g/mol. The van der Waals surface area contributed by atoms with Crippen molar-refractivity contribution in [1.29, 1.82) is 5.26 Å². The number of carbonyl (C=O) groups excluding carboxylic acids is 1. The molecule has 2 heterocycles. The predicted octanol–water partition coefficient (Wildman–Crippen LogP) is 1.79. The Morgan fingerprint density at radius 3 is 3.00 bits per heavy atom. The smallest absolute Gasteiger partial charge is 0.244 e. The lowest BCUT2D eigenvalue weighted by Gasteiger charge is -2.26. The molecule has 1 aromatic carbocycles. The highest BCUT2D eigenvalue weighted by molar-refractivity contribution is 6.32. The second-order valence-electron chi connectivity index (χ2n) is 7.05. The maximum absolute atomic E-state index is 12.2. The van der Waals surface area contributed by atoms with E-state index in [0.29, 0.717) is 55.1 Å². The molecule has 12 heteroatoms. The molecule has 4 N–H and O–H groups in total. The van der Waals surface area contributed by atoms with Gasteiger partial charge in [-0.2, -0.15) is 10.2 Å². The summed E-state index contributed by atoms with van der Waals surface area (Å²) in [5.74, 6) is 1.19. The van der Waals surface area contributed by atoms with Crippen LogP contribution in [-0.2, 0) is 16.1 Å². The van der Waals surface area contributed by atoms with E-state index in [1.807, 2.05) is 24.3 Å². The largest absolute Gasteiger partial charge is 0.479 e. The zero-order valence-corrected chi connectivity index (χ0v) is 19.2. The molecule has 11 nitrogen and oxygen atoms in total. The van der Waals surface area contributed by atoms with Gasteiger partial charge in [-0.05, 0) is 17.7 Å². The maximum atomic E-state index is 12.2. The number of allylic oxidation sites excluding steroid dienone is 1. The van der Waals surface area contributed by atoms with Crippen LogP contribution in [0.15, 0.2) is 47.4 Å². The maximum Gasteiger partial charge on any atom is 0.244 e. The second kappa shape index (κ2) is 13.0. The third-order valence-electron chi connectivity index (χ3n) is 4.66. The van der Waals surface area contributed by atoms with Crippen molar-refractivity contribution >= 4 is 35.5 Å². The standard InChI is InChI=1S/C22H25ClN8O3/c23-19-14-28-22(29-17(11-25)13-26-15-20(32)31-5-8-33-9-6-31)30-21(19)27-12-16-2-1-3-18(10-16)34-7-4-24/h1-3,10-11,13-14H,5-9,12,15,25H2,(H2,27,28,29,30). The molecule has 34 heavy (non-hydrogen) atoms. The Balaban J connectivity index is 1.57. The van der Waals surface area contributed by atoms with Crippen molar-refractivity contribution in [3.8, 4) is 11.8 Å². The summed E-state index contributed by atoms with van der Waals surface area (Å²) in [6.07, 6.45) is 4.22. The Labute approximate surface area is 202 Å². The van der Waals surface area contributed by atoms with Crippen LogP contribution >= 0.6 is 11.6 Å². The molecule has 1 aromatic heterocycles. The quantitative estimate of drug-likeness (QED) is 0.428. The van der Waals surface area contributed by atoms with E-state index < -0.39 is 0 Å². The molecule has 1 amide bonds. The Hall–Kier alpha value is -3.88. The number of halogens is 1. The number of hydrogen-bond donors (Lipinski definition) is 3. The Kier molecular flexibility index (Phi) is 9.45. The lowest BCUT2D eigenvalue weighted by atomic mass is 10.2. The van der Waals surface area contributed by atoms with E-state index in [1.54, 1.807) is 11.0 Å². The van der Waals surface area contributed by atoms with Gasteiger partial charge < -0.3 is 30.7 Å². The Bertz CT molecular complexity index is 1080. The lowest BCUT2D eigenvalue weighted by Crippen LogP contribution is -2.41. The highest BCUT2D eigenvalue weighted by Crippen LogP contribution is 2.21. The van der Waals surface area contributed by atoms with Crippen molar-refractivity contribution in [2.75, 3.05) is 50.1 Å². The normalized spacial score (nSPS) is 14.0. The van der Waals surface area contributed by atoms with Crippen LogP contribution in [0.5, 0.6) is 5.75 Å². The van der Waals surface area contributed by atoms with Gasteiger partial charge in [0.2, 0.25) is 11.9 Å². The minimum absolute atomic E-state index is 0.00441. The van der Waals surface area contributed by atoms with Crippen LogP contribution in [0.25, 0.3) is 0 Å². The lowest BCUT2D eigenvalue weighted by molar-refractivity contribution is -0.133. The summed E-state index contributed by atoms with van der Waals surface area (Å²) in [5.41, 5.74) is 7.01. The van der Waals surface area contributed by atoms with Crippen molar-refractivity contribution in [1.82, 2.24) is 14.9 Å². The van der Waals surface area contributed by atoms with E-state index in [1.165, 1.54) is 18.6 Å². The minimum Gasteiger partial charge on any atom is -0.479 e. The molecule has 3 rings (SSSR count). The van der Waals surface area contributed by atoms with E-state index >= 15 is 0 Å². The summed E-state index contributed by atoms with van der Waals surface area (Å²) < 4.78 is 10.6. The molecule has 0 spiro atoms. The molecule has 0 radical (unpaired) electrons. The SMILES string of the molecule is N#CCOc1cccc(CNc2nc(NC(C=NCC(=O)N3CCOCC3)=CN)ncc2Cl)c1. The zero-order valence-electron chi connectivity index (χ0n) is 18.4. The highest BCUT2D eigenvalue weighted by atomic mass is 35.5. The van der Waals surface area contributed by atoms with Gasteiger partial charge in [-0.25, -0.2) is 4.98 Å². The number of morpholine rings is 1. The summed E-state index contributed by atoms with van der Waals surface area (Å²) in [5, 5.41) is 15.1. The number of anilines is 2. The van der Waals surface area contributed by atoms with Gasteiger partial charge in [-0.15, -0.1) is 0 Å². The molecule has 2 aromatic rings. The number of benzene rings is 1. The van der Waals surface area contributed by atoms with Crippen LogP contribution < -0.4 is 21.1 Å². The fraction of sp³-hybridized carbons (Fsp3) is 0.318. The number of nitrogens with two attached hydrogens (primary N) is 1. The summed E-state index contributed by atoms with van der Waals surface area (Å²) >= 11 is 6.23. The summed E-state index contributed by atoms with van der Waals surface area (Å²) in [6, 6.07) is 9.27. The van der Waals surface area contributed by atoms with Crippen LogP contribution in [-0.4, -0.2) is 66.4 Å². The zero-order chi connectivity index (χ0) is 24.2. The van der Waals surface area contributed by atoms with Crippen molar-refractivity contribution in [3.05, 3.63) is 52.9 Å². The van der Waals surface area contributed by atoms with Gasteiger partial charge >= 0.3 is 0 Å². The number of ether oxygens (including phenoxy) is 2. The average Bonchev–Trinajstić information content (AvgIpc) is 2.87. The Morgan fingerprint density at radius 2 is 2.24 bits per heavy atom. The molecular formula is C22H25ClN8O3. The number of hydrogen-bond acceptors (Lipinski definition) is 10. The average molecular weight is 485 g/mol. The summed E-state index contributed by atoms with van der Waals surface area (Å²) in [6.45, 7) is 2.61. The summed E-state index contributed by atoms with van der Waals surface area (Å²) in [7, 11) is 0. The van der Waals surface area contributed by atoms with Crippen LogP contribution in [0.2, 0.25) is 5.02 Å². The van der Waals surface area contributed by atoms with Crippen LogP contribution in [0.4, 0.5) is 11.8 Å². The van der Waals surface area contributed by atoms with E-state index in [9.17, 15) is 4.79 Å². The predicted molar refractivity (Wildman–Crippen MR) is 129 cm³/mol. The van der Waals surface area contributed by atoms with Gasteiger partial charge in [0.1, 0.15) is 23.4 Å². The first-order valence-corrected chi connectivity index (χ1v) is 10.9. The molecule has 178 valence electrons. The van der Waals surface area contributed by atoms with Crippen molar-refractivity contribution in [2.24, 2.45) is 10.7 Å².